The molecule has 0 saturated heterocycles. The number of aliphatic hydroxyl groups is 1. The zero-order valence-electron chi connectivity index (χ0n) is 11.6. The van der Waals surface area contributed by atoms with E-state index in [1.165, 1.54) is 5.57 Å². The number of halogens is 6. The van der Waals surface area contributed by atoms with E-state index in [-0.39, 0.29) is 17.9 Å². The standard InChI is InChI=1S/C14H18F6O/c1-9-3-5-11(6-4-9)7-10(2)8-12(21,13(15,16)17)14(18,19)20/h3,11,21H,2,4-8H2,1H3. The van der Waals surface area contributed by atoms with E-state index < -0.39 is 24.4 Å². The molecule has 1 aliphatic rings. The SMILES string of the molecule is C=C(CC1CC=C(C)CC1)CC(O)(C(F)(F)F)C(F)(F)F. The Hall–Kier alpha value is -0.980. The van der Waals surface area contributed by atoms with Crippen molar-refractivity contribution in [2.75, 3.05) is 0 Å². The lowest BCUT2D eigenvalue weighted by Crippen LogP contribution is -2.57. The first-order valence-corrected chi connectivity index (χ1v) is 6.55. The normalized spacial score (nSPS) is 21.1. The minimum atomic E-state index is -5.78. The molecule has 0 spiro atoms. The van der Waals surface area contributed by atoms with Crippen molar-refractivity contribution in [1.82, 2.24) is 0 Å². The average molecular weight is 316 g/mol. The Bertz CT molecular complexity index is 404. The fourth-order valence-electron chi connectivity index (χ4n) is 2.41. The summed E-state index contributed by atoms with van der Waals surface area (Å²) in [5.41, 5.74) is -3.79. The second-order valence-electron chi connectivity index (χ2n) is 5.68. The summed E-state index contributed by atoms with van der Waals surface area (Å²) in [6, 6.07) is 0. The molecule has 0 aromatic rings. The van der Waals surface area contributed by atoms with Crippen molar-refractivity contribution in [3.8, 4) is 0 Å². The van der Waals surface area contributed by atoms with Crippen molar-refractivity contribution in [2.45, 2.75) is 57.0 Å². The van der Waals surface area contributed by atoms with Crippen LogP contribution in [0.25, 0.3) is 0 Å². The Balaban J connectivity index is 2.75. The maximum atomic E-state index is 12.6. The van der Waals surface area contributed by atoms with Gasteiger partial charge in [0.05, 0.1) is 0 Å². The van der Waals surface area contributed by atoms with Crippen molar-refractivity contribution in [1.29, 1.82) is 0 Å². The van der Waals surface area contributed by atoms with Gasteiger partial charge in [-0.3, -0.25) is 0 Å². The third kappa shape index (κ3) is 4.25. The summed E-state index contributed by atoms with van der Waals surface area (Å²) in [5, 5.41) is 9.10. The Morgan fingerprint density at radius 1 is 1.24 bits per heavy atom. The highest BCUT2D eigenvalue weighted by Crippen LogP contribution is 2.47. The monoisotopic (exact) mass is 316 g/mol. The molecule has 0 radical (unpaired) electrons. The lowest BCUT2D eigenvalue weighted by atomic mass is 9.83. The minimum absolute atomic E-state index is 0.0214. The van der Waals surface area contributed by atoms with Gasteiger partial charge in [0.25, 0.3) is 5.60 Å². The summed E-state index contributed by atoms with van der Waals surface area (Å²) in [6.07, 6.45) is -9.02. The van der Waals surface area contributed by atoms with Crippen molar-refractivity contribution < 1.29 is 31.4 Å². The van der Waals surface area contributed by atoms with Crippen LogP contribution in [0.2, 0.25) is 0 Å². The first-order valence-electron chi connectivity index (χ1n) is 6.55. The highest BCUT2D eigenvalue weighted by Gasteiger charge is 2.70. The largest absolute Gasteiger partial charge is 0.426 e. The molecule has 1 nitrogen and oxygen atoms in total. The van der Waals surface area contributed by atoms with Crippen LogP contribution in [0.3, 0.4) is 0 Å². The van der Waals surface area contributed by atoms with Crippen LogP contribution < -0.4 is 0 Å². The summed E-state index contributed by atoms with van der Waals surface area (Å²) < 4.78 is 75.4. The van der Waals surface area contributed by atoms with Crippen molar-refractivity contribution in [3.63, 3.8) is 0 Å². The molecule has 1 N–H and O–H groups in total. The first-order chi connectivity index (χ1) is 9.37. The second-order valence-corrected chi connectivity index (χ2v) is 5.68. The second kappa shape index (κ2) is 6.02. The van der Waals surface area contributed by atoms with E-state index in [2.05, 4.69) is 6.58 Å². The molecule has 21 heavy (non-hydrogen) atoms. The molecule has 0 amide bonds. The number of hydrogen-bond acceptors (Lipinski definition) is 1. The molecule has 0 bridgehead atoms. The zero-order chi connectivity index (χ0) is 16.5. The molecule has 0 heterocycles. The van der Waals surface area contributed by atoms with E-state index in [0.29, 0.717) is 12.8 Å². The molecule has 0 aromatic carbocycles. The minimum Gasteiger partial charge on any atom is -0.373 e. The molecular formula is C14H18F6O. The Labute approximate surface area is 119 Å². The molecule has 0 saturated carbocycles. The van der Waals surface area contributed by atoms with Gasteiger partial charge in [0.2, 0.25) is 0 Å². The fourth-order valence-corrected chi connectivity index (χ4v) is 2.41. The first kappa shape index (κ1) is 18.1. The predicted octanol–water partition coefficient (Wildman–Crippen LogP) is 4.92. The number of allylic oxidation sites excluding steroid dienone is 2. The lowest BCUT2D eigenvalue weighted by molar-refractivity contribution is -0.367. The van der Waals surface area contributed by atoms with Crippen LogP contribution in [-0.2, 0) is 0 Å². The molecule has 1 unspecified atom stereocenters. The quantitative estimate of drug-likeness (QED) is 0.576. The van der Waals surface area contributed by atoms with Gasteiger partial charge in [0.1, 0.15) is 0 Å². The van der Waals surface area contributed by atoms with Crippen LogP contribution in [0.5, 0.6) is 0 Å². The molecule has 0 fully saturated rings. The van der Waals surface area contributed by atoms with Gasteiger partial charge in [-0.2, -0.15) is 26.3 Å². The molecule has 0 aliphatic heterocycles. The maximum absolute atomic E-state index is 12.6. The molecule has 0 aromatic heterocycles. The Morgan fingerprint density at radius 3 is 2.14 bits per heavy atom. The molecule has 1 aliphatic carbocycles. The Morgan fingerprint density at radius 2 is 1.76 bits per heavy atom. The van der Waals surface area contributed by atoms with E-state index in [1.54, 1.807) is 0 Å². The number of alkyl halides is 6. The van der Waals surface area contributed by atoms with Crippen molar-refractivity contribution in [2.24, 2.45) is 5.92 Å². The van der Waals surface area contributed by atoms with E-state index in [0.717, 1.165) is 6.42 Å². The van der Waals surface area contributed by atoms with Crippen molar-refractivity contribution in [3.05, 3.63) is 23.8 Å². The van der Waals surface area contributed by atoms with Crippen LogP contribution in [0.15, 0.2) is 23.8 Å². The third-order valence-corrected chi connectivity index (χ3v) is 3.77. The van der Waals surface area contributed by atoms with Crippen LogP contribution >= 0.6 is 0 Å². The van der Waals surface area contributed by atoms with Crippen LogP contribution in [-0.4, -0.2) is 23.1 Å². The van der Waals surface area contributed by atoms with Gasteiger partial charge in [-0.1, -0.05) is 23.8 Å². The predicted molar refractivity (Wildman–Crippen MR) is 66.5 cm³/mol. The third-order valence-electron chi connectivity index (χ3n) is 3.77. The van der Waals surface area contributed by atoms with Gasteiger partial charge in [0.15, 0.2) is 0 Å². The van der Waals surface area contributed by atoms with Gasteiger partial charge in [-0.05, 0) is 38.5 Å². The fraction of sp³-hybridized carbons (Fsp3) is 0.714. The molecule has 1 atom stereocenters. The van der Waals surface area contributed by atoms with Crippen LogP contribution in [0.4, 0.5) is 26.3 Å². The highest BCUT2D eigenvalue weighted by molar-refractivity contribution is 5.10. The van der Waals surface area contributed by atoms with Crippen LogP contribution in [0, 0.1) is 5.92 Å². The van der Waals surface area contributed by atoms with E-state index in [9.17, 15) is 26.3 Å². The molecular weight excluding hydrogens is 298 g/mol. The topological polar surface area (TPSA) is 20.2 Å². The molecule has 1 rings (SSSR count). The van der Waals surface area contributed by atoms with Gasteiger partial charge in [-0.15, -0.1) is 0 Å². The van der Waals surface area contributed by atoms with Gasteiger partial charge >= 0.3 is 12.4 Å². The number of hydrogen-bond donors (Lipinski definition) is 1. The van der Waals surface area contributed by atoms with E-state index >= 15 is 0 Å². The summed E-state index contributed by atoms with van der Waals surface area (Å²) in [7, 11) is 0. The van der Waals surface area contributed by atoms with Gasteiger partial charge in [-0.25, -0.2) is 0 Å². The summed E-state index contributed by atoms with van der Waals surface area (Å²) in [5.74, 6) is -0.0214. The highest BCUT2D eigenvalue weighted by atomic mass is 19.4. The summed E-state index contributed by atoms with van der Waals surface area (Å²) in [6.45, 7) is 5.23. The maximum Gasteiger partial charge on any atom is 0.426 e. The summed E-state index contributed by atoms with van der Waals surface area (Å²) in [4.78, 5) is 0. The van der Waals surface area contributed by atoms with Gasteiger partial charge < -0.3 is 5.11 Å². The molecule has 122 valence electrons. The smallest absolute Gasteiger partial charge is 0.373 e. The number of rotatable bonds is 4. The van der Waals surface area contributed by atoms with Gasteiger partial charge in [0, 0.05) is 6.42 Å². The zero-order valence-corrected chi connectivity index (χ0v) is 11.6. The van der Waals surface area contributed by atoms with E-state index in [4.69, 9.17) is 5.11 Å². The Kier molecular flexibility index (Phi) is 5.18. The van der Waals surface area contributed by atoms with Crippen molar-refractivity contribution >= 4 is 0 Å². The molecule has 7 heteroatoms. The lowest BCUT2D eigenvalue weighted by Gasteiger charge is -2.33. The summed E-state index contributed by atoms with van der Waals surface area (Å²) >= 11 is 0. The van der Waals surface area contributed by atoms with E-state index in [1.807, 2.05) is 13.0 Å². The average Bonchev–Trinajstić information content (AvgIpc) is 2.29. The van der Waals surface area contributed by atoms with Crippen LogP contribution in [0.1, 0.15) is 39.0 Å².